The monoisotopic (exact) mass is 477 g/mol. The maximum absolute atomic E-state index is 12.6. The van der Waals surface area contributed by atoms with Crippen LogP contribution in [-0.4, -0.2) is 35.3 Å². The standard InChI is InChI=1S/C25H23N3O5S/c1-13-9-14(2)22-18(10-13)27-24(33-22)17-7-6-16(12-19(17)29)26-25(34)28-23(30)15-5-8-20(31-3)21(11-15)32-4/h5-12,29H,1-4H3,(H2,26,28,30,34). The van der Waals surface area contributed by atoms with Gasteiger partial charge in [0.2, 0.25) is 5.89 Å². The molecule has 0 aliphatic rings. The van der Waals surface area contributed by atoms with Crippen LogP contribution in [-0.2, 0) is 0 Å². The van der Waals surface area contributed by atoms with Crippen LogP contribution in [0.4, 0.5) is 5.69 Å². The molecule has 0 aliphatic carbocycles. The molecule has 9 heteroatoms. The van der Waals surface area contributed by atoms with Gasteiger partial charge in [-0.05, 0) is 73.6 Å². The van der Waals surface area contributed by atoms with Crippen molar-refractivity contribution in [3.8, 4) is 28.7 Å². The van der Waals surface area contributed by atoms with Gasteiger partial charge in [0.25, 0.3) is 5.91 Å². The Bertz CT molecular complexity index is 1410. The lowest BCUT2D eigenvalue weighted by Crippen LogP contribution is -2.34. The molecular weight excluding hydrogens is 454 g/mol. The number of methoxy groups -OCH3 is 2. The number of thiocarbonyl (C=S) groups is 1. The molecule has 8 nitrogen and oxygen atoms in total. The van der Waals surface area contributed by atoms with Crippen molar-refractivity contribution in [3.05, 3.63) is 65.2 Å². The highest BCUT2D eigenvalue weighted by atomic mass is 32.1. The van der Waals surface area contributed by atoms with Crippen LogP contribution in [0, 0.1) is 13.8 Å². The number of amides is 1. The first-order valence-electron chi connectivity index (χ1n) is 10.3. The summed E-state index contributed by atoms with van der Waals surface area (Å²) in [5.41, 5.74) is 4.75. The lowest BCUT2D eigenvalue weighted by molar-refractivity contribution is 0.0977. The van der Waals surface area contributed by atoms with Gasteiger partial charge in [0, 0.05) is 17.3 Å². The third-order valence-electron chi connectivity index (χ3n) is 5.18. The number of hydrogen-bond acceptors (Lipinski definition) is 7. The zero-order valence-electron chi connectivity index (χ0n) is 19.1. The molecular formula is C25H23N3O5S. The lowest BCUT2D eigenvalue weighted by atomic mass is 10.1. The predicted octanol–water partition coefficient (Wildman–Crippen LogP) is 4.96. The Morgan fingerprint density at radius 3 is 2.50 bits per heavy atom. The largest absolute Gasteiger partial charge is 0.507 e. The minimum Gasteiger partial charge on any atom is -0.507 e. The number of fused-ring (bicyclic) bond motifs is 1. The average molecular weight is 478 g/mol. The summed E-state index contributed by atoms with van der Waals surface area (Å²) in [6.07, 6.45) is 0. The number of hydrogen-bond donors (Lipinski definition) is 3. The first-order valence-corrected chi connectivity index (χ1v) is 10.8. The lowest BCUT2D eigenvalue weighted by Gasteiger charge is -2.12. The van der Waals surface area contributed by atoms with Crippen LogP contribution >= 0.6 is 12.2 Å². The van der Waals surface area contributed by atoms with Crippen molar-refractivity contribution in [1.82, 2.24) is 10.3 Å². The molecule has 0 fully saturated rings. The molecule has 0 spiro atoms. The molecule has 0 aliphatic heterocycles. The first-order chi connectivity index (χ1) is 16.3. The number of rotatable bonds is 5. The Morgan fingerprint density at radius 2 is 1.79 bits per heavy atom. The molecule has 1 heterocycles. The van der Waals surface area contributed by atoms with E-state index in [0.29, 0.717) is 39.8 Å². The molecule has 174 valence electrons. The van der Waals surface area contributed by atoms with Gasteiger partial charge in [0.1, 0.15) is 11.3 Å². The molecule has 0 saturated heterocycles. The Kier molecular flexibility index (Phi) is 6.38. The maximum Gasteiger partial charge on any atom is 0.257 e. The number of nitrogens with zero attached hydrogens (tertiary/aromatic N) is 1. The summed E-state index contributed by atoms with van der Waals surface area (Å²) in [6, 6.07) is 13.6. The van der Waals surface area contributed by atoms with E-state index >= 15 is 0 Å². The molecule has 0 saturated carbocycles. The van der Waals surface area contributed by atoms with E-state index in [-0.39, 0.29) is 10.9 Å². The topological polar surface area (TPSA) is 106 Å². The van der Waals surface area contributed by atoms with Gasteiger partial charge in [0.05, 0.1) is 19.8 Å². The second-order valence-corrected chi connectivity index (χ2v) is 8.07. The molecule has 34 heavy (non-hydrogen) atoms. The summed E-state index contributed by atoms with van der Waals surface area (Å²) in [5, 5.41) is 16.1. The molecule has 1 aromatic heterocycles. The van der Waals surface area contributed by atoms with E-state index < -0.39 is 5.91 Å². The number of aromatic hydroxyl groups is 1. The van der Waals surface area contributed by atoms with Gasteiger partial charge in [-0.15, -0.1) is 0 Å². The number of benzene rings is 3. The van der Waals surface area contributed by atoms with Crippen molar-refractivity contribution in [1.29, 1.82) is 0 Å². The molecule has 0 atom stereocenters. The predicted molar refractivity (Wildman–Crippen MR) is 134 cm³/mol. The summed E-state index contributed by atoms with van der Waals surface area (Å²) in [6.45, 7) is 3.94. The van der Waals surface area contributed by atoms with E-state index in [1.165, 1.54) is 20.3 Å². The number of aromatic nitrogens is 1. The van der Waals surface area contributed by atoms with Crippen molar-refractivity contribution in [3.63, 3.8) is 0 Å². The van der Waals surface area contributed by atoms with E-state index in [2.05, 4.69) is 15.6 Å². The van der Waals surface area contributed by atoms with Crippen LogP contribution in [0.25, 0.3) is 22.6 Å². The van der Waals surface area contributed by atoms with Gasteiger partial charge in [-0.3, -0.25) is 10.1 Å². The second kappa shape index (κ2) is 9.40. The summed E-state index contributed by atoms with van der Waals surface area (Å²) in [5.74, 6) is 0.798. The fourth-order valence-electron chi connectivity index (χ4n) is 3.60. The van der Waals surface area contributed by atoms with E-state index in [0.717, 1.165) is 16.6 Å². The van der Waals surface area contributed by atoms with E-state index in [9.17, 15) is 9.90 Å². The minimum atomic E-state index is -0.420. The van der Waals surface area contributed by atoms with Crippen LogP contribution in [0.5, 0.6) is 17.2 Å². The minimum absolute atomic E-state index is 0.0417. The van der Waals surface area contributed by atoms with Crippen molar-refractivity contribution >= 4 is 40.0 Å². The molecule has 4 aromatic rings. The number of aryl methyl sites for hydroxylation is 2. The van der Waals surface area contributed by atoms with Crippen molar-refractivity contribution in [2.75, 3.05) is 19.5 Å². The summed E-state index contributed by atoms with van der Waals surface area (Å²) < 4.78 is 16.3. The van der Waals surface area contributed by atoms with Gasteiger partial charge >= 0.3 is 0 Å². The third-order valence-corrected chi connectivity index (χ3v) is 5.38. The fraction of sp³-hybridized carbons (Fsp3) is 0.160. The van der Waals surface area contributed by atoms with Crippen LogP contribution in [0.2, 0.25) is 0 Å². The van der Waals surface area contributed by atoms with Crippen LogP contribution in [0.15, 0.2) is 52.9 Å². The molecule has 3 N–H and O–H groups in total. The summed E-state index contributed by atoms with van der Waals surface area (Å²) in [4.78, 5) is 17.1. The van der Waals surface area contributed by atoms with Gasteiger partial charge in [-0.1, -0.05) is 6.07 Å². The zero-order valence-corrected chi connectivity index (χ0v) is 19.9. The third kappa shape index (κ3) is 4.65. The Labute approximate surface area is 201 Å². The van der Waals surface area contributed by atoms with Crippen LogP contribution in [0.1, 0.15) is 21.5 Å². The molecule has 3 aromatic carbocycles. The normalized spacial score (nSPS) is 10.7. The Morgan fingerprint density at radius 1 is 1.03 bits per heavy atom. The second-order valence-electron chi connectivity index (χ2n) is 7.66. The number of carbonyl (C=O) groups is 1. The van der Waals surface area contributed by atoms with E-state index in [1.807, 2.05) is 26.0 Å². The van der Waals surface area contributed by atoms with E-state index in [1.54, 1.807) is 30.3 Å². The number of anilines is 1. The van der Waals surface area contributed by atoms with Gasteiger partial charge in [-0.25, -0.2) is 4.98 Å². The maximum atomic E-state index is 12.6. The van der Waals surface area contributed by atoms with Crippen LogP contribution < -0.4 is 20.1 Å². The highest BCUT2D eigenvalue weighted by Gasteiger charge is 2.16. The average Bonchev–Trinajstić information content (AvgIpc) is 3.22. The zero-order chi connectivity index (χ0) is 24.4. The number of oxazole rings is 1. The quantitative estimate of drug-likeness (QED) is 0.346. The highest BCUT2D eigenvalue weighted by molar-refractivity contribution is 7.80. The highest BCUT2D eigenvalue weighted by Crippen LogP contribution is 2.34. The Balaban J connectivity index is 1.48. The summed E-state index contributed by atoms with van der Waals surface area (Å²) in [7, 11) is 3.01. The fourth-order valence-corrected chi connectivity index (χ4v) is 3.81. The Hall–Kier alpha value is -4.11. The van der Waals surface area contributed by atoms with Crippen LogP contribution in [0.3, 0.4) is 0 Å². The number of phenolic OH excluding ortho intramolecular Hbond substituents is 1. The molecule has 1 amide bonds. The smallest absolute Gasteiger partial charge is 0.257 e. The molecule has 0 unspecified atom stereocenters. The number of carbonyl (C=O) groups excluding carboxylic acids is 1. The van der Waals surface area contributed by atoms with E-state index in [4.69, 9.17) is 26.1 Å². The molecule has 0 radical (unpaired) electrons. The molecule has 4 rings (SSSR count). The van der Waals surface area contributed by atoms with Gasteiger partial charge in [-0.2, -0.15) is 0 Å². The number of phenols is 1. The molecule has 0 bridgehead atoms. The number of ether oxygens (including phenoxy) is 2. The first kappa shape index (κ1) is 23.1. The van der Waals surface area contributed by atoms with Gasteiger partial charge < -0.3 is 24.3 Å². The van der Waals surface area contributed by atoms with Crippen molar-refractivity contribution < 1.29 is 23.8 Å². The van der Waals surface area contributed by atoms with Crippen molar-refractivity contribution in [2.24, 2.45) is 0 Å². The number of nitrogens with one attached hydrogen (secondary N) is 2. The van der Waals surface area contributed by atoms with Crippen molar-refractivity contribution in [2.45, 2.75) is 13.8 Å². The SMILES string of the molecule is COc1ccc(C(=O)NC(=S)Nc2ccc(-c3nc4cc(C)cc(C)c4o3)c(O)c2)cc1OC. The van der Waals surface area contributed by atoms with Gasteiger partial charge in [0.15, 0.2) is 22.2 Å². The summed E-state index contributed by atoms with van der Waals surface area (Å²) >= 11 is 5.25.